The van der Waals surface area contributed by atoms with Gasteiger partial charge in [-0.1, -0.05) is 49.1 Å². The second-order valence-corrected chi connectivity index (χ2v) is 9.22. The predicted molar refractivity (Wildman–Crippen MR) is 124 cm³/mol. The van der Waals surface area contributed by atoms with E-state index in [2.05, 4.69) is 34.3 Å². The lowest BCUT2D eigenvalue weighted by Crippen LogP contribution is -2.18. The Bertz CT molecular complexity index is 1240. The zero-order valence-corrected chi connectivity index (χ0v) is 19.0. The van der Waals surface area contributed by atoms with Gasteiger partial charge >= 0.3 is 0 Å². The molecule has 32 heavy (non-hydrogen) atoms. The number of thiazole rings is 1. The third kappa shape index (κ3) is 5.17. The van der Waals surface area contributed by atoms with Gasteiger partial charge in [0.2, 0.25) is 11.1 Å². The molecule has 0 unspecified atom stereocenters. The fourth-order valence-electron chi connectivity index (χ4n) is 2.84. The molecule has 0 atom stereocenters. The Morgan fingerprint density at radius 2 is 2.03 bits per heavy atom. The number of thioether (sulfide) groups is 1. The fourth-order valence-corrected chi connectivity index (χ4v) is 4.42. The standard InChI is InChI=1S/C21H21FN6O2S2/c1-12(2)13-3-6-15(7-4-13)30-10-18-26-27-21(28(18)23)31-11-19(29)25-20-24-16-8-5-14(22)9-17(16)32-20/h3-9,12H,10-11,23H2,1-2H3,(H,24,25,29). The molecule has 0 saturated carbocycles. The molecule has 166 valence electrons. The van der Waals surface area contributed by atoms with Crippen molar-refractivity contribution >= 4 is 44.4 Å². The maximum absolute atomic E-state index is 13.3. The van der Waals surface area contributed by atoms with Crippen LogP contribution in [0.25, 0.3) is 10.2 Å². The highest BCUT2D eigenvalue weighted by Crippen LogP contribution is 2.27. The second kappa shape index (κ2) is 9.53. The van der Waals surface area contributed by atoms with Crippen LogP contribution in [0.2, 0.25) is 0 Å². The van der Waals surface area contributed by atoms with Crippen molar-refractivity contribution in [2.24, 2.45) is 0 Å². The van der Waals surface area contributed by atoms with Crippen LogP contribution >= 0.6 is 23.1 Å². The lowest BCUT2D eigenvalue weighted by atomic mass is 10.0. The number of anilines is 1. The number of nitrogens with zero attached hydrogens (tertiary/aromatic N) is 4. The van der Waals surface area contributed by atoms with Crippen molar-refractivity contribution in [3.63, 3.8) is 0 Å². The van der Waals surface area contributed by atoms with Crippen molar-refractivity contribution in [3.05, 3.63) is 59.7 Å². The van der Waals surface area contributed by atoms with Crippen LogP contribution in [0, 0.1) is 5.82 Å². The van der Waals surface area contributed by atoms with Gasteiger partial charge in [0.1, 0.15) is 18.2 Å². The normalized spacial score (nSPS) is 11.2. The molecule has 2 aromatic carbocycles. The lowest BCUT2D eigenvalue weighted by Gasteiger charge is -2.09. The smallest absolute Gasteiger partial charge is 0.236 e. The minimum Gasteiger partial charge on any atom is -0.486 e. The Balaban J connectivity index is 1.30. The van der Waals surface area contributed by atoms with Crippen molar-refractivity contribution in [3.8, 4) is 5.75 Å². The van der Waals surface area contributed by atoms with Gasteiger partial charge in [-0.2, -0.15) is 0 Å². The number of carbonyl (C=O) groups excluding carboxylic acids is 1. The van der Waals surface area contributed by atoms with Crippen LogP contribution in [0.1, 0.15) is 31.2 Å². The third-order valence-corrected chi connectivity index (χ3v) is 6.46. The summed E-state index contributed by atoms with van der Waals surface area (Å²) in [5.41, 5.74) is 1.86. The van der Waals surface area contributed by atoms with Crippen LogP contribution in [0.3, 0.4) is 0 Å². The topological polar surface area (TPSA) is 108 Å². The van der Waals surface area contributed by atoms with Crippen molar-refractivity contribution < 1.29 is 13.9 Å². The summed E-state index contributed by atoms with van der Waals surface area (Å²) in [6.07, 6.45) is 0. The molecule has 1 amide bonds. The Labute approximate surface area is 192 Å². The molecule has 0 fully saturated rings. The number of amides is 1. The van der Waals surface area contributed by atoms with Crippen molar-refractivity contribution in [2.45, 2.75) is 31.5 Å². The lowest BCUT2D eigenvalue weighted by molar-refractivity contribution is -0.113. The highest BCUT2D eigenvalue weighted by molar-refractivity contribution is 7.99. The summed E-state index contributed by atoms with van der Waals surface area (Å²) in [6, 6.07) is 12.1. The molecule has 0 aliphatic carbocycles. The van der Waals surface area contributed by atoms with Crippen molar-refractivity contribution in [1.82, 2.24) is 19.9 Å². The first-order valence-electron chi connectivity index (χ1n) is 9.80. The molecule has 2 heterocycles. The minimum atomic E-state index is -0.343. The Hall–Kier alpha value is -3.18. The maximum atomic E-state index is 13.3. The second-order valence-electron chi connectivity index (χ2n) is 7.25. The molecule has 4 rings (SSSR count). The molecule has 0 aliphatic heterocycles. The number of halogens is 1. The number of hydrogen-bond donors (Lipinski definition) is 2. The van der Waals surface area contributed by atoms with Crippen LogP contribution in [0.5, 0.6) is 5.75 Å². The third-order valence-electron chi connectivity index (χ3n) is 4.58. The number of fused-ring (bicyclic) bond motifs is 1. The zero-order chi connectivity index (χ0) is 22.7. The van der Waals surface area contributed by atoms with E-state index >= 15 is 0 Å². The average molecular weight is 473 g/mol. The number of carbonyl (C=O) groups is 1. The molecule has 11 heteroatoms. The Morgan fingerprint density at radius 3 is 2.78 bits per heavy atom. The average Bonchev–Trinajstić information content (AvgIpc) is 3.33. The van der Waals surface area contributed by atoms with Crippen LogP contribution in [0.15, 0.2) is 47.6 Å². The van der Waals surface area contributed by atoms with Gasteiger partial charge in [0.15, 0.2) is 11.0 Å². The predicted octanol–water partition coefficient (Wildman–Crippen LogP) is 4.17. The number of nitrogens with one attached hydrogen (secondary N) is 1. The van der Waals surface area contributed by atoms with Gasteiger partial charge in [-0.3, -0.25) is 4.79 Å². The molecule has 8 nitrogen and oxygen atoms in total. The van der Waals surface area contributed by atoms with E-state index in [1.165, 1.54) is 33.7 Å². The number of nitrogens with two attached hydrogens (primary N) is 1. The largest absolute Gasteiger partial charge is 0.486 e. The van der Waals surface area contributed by atoms with Crippen LogP contribution < -0.4 is 15.9 Å². The summed E-state index contributed by atoms with van der Waals surface area (Å²) in [6.45, 7) is 4.41. The summed E-state index contributed by atoms with van der Waals surface area (Å²) >= 11 is 2.35. The fraction of sp³-hybridized carbons (Fsp3) is 0.238. The number of ether oxygens (including phenoxy) is 1. The van der Waals surface area contributed by atoms with E-state index in [1.807, 2.05) is 24.3 Å². The number of aromatic nitrogens is 4. The van der Waals surface area contributed by atoms with Gasteiger partial charge in [-0.25, -0.2) is 14.1 Å². The van der Waals surface area contributed by atoms with E-state index in [-0.39, 0.29) is 24.1 Å². The van der Waals surface area contributed by atoms with Crippen LogP contribution in [0.4, 0.5) is 9.52 Å². The van der Waals surface area contributed by atoms with E-state index in [0.717, 1.165) is 11.8 Å². The van der Waals surface area contributed by atoms with Gasteiger partial charge in [0.05, 0.1) is 16.0 Å². The number of rotatable bonds is 8. The molecule has 0 saturated heterocycles. The molecule has 0 radical (unpaired) electrons. The monoisotopic (exact) mass is 472 g/mol. The quantitative estimate of drug-likeness (QED) is 0.293. The van der Waals surface area contributed by atoms with Crippen LogP contribution in [-0.2, 0) is 11.4 Å². The highest BCUT2D eigenvalue weighted by atomic mass is 32.2. The minimum absolute atomic E-state index is 0.0666. The first kappa shape index (κ1) is 22.0. The molecular formula is C21H21FN6O2S2. The molecule has 0 bridgehead atoms. The molecule has 0 spiro atoms. The SMILES string of the molecule is CC(C)c1ccc(OCc2nnc(SCC(=O)Nc3nc4ccc(F)cc4s3)n2N)cc1. The first-order valence-corrected chi connectivity index (χ1v) is 11.6. The van der Waals surface area contributed by atoms with Gasteiger partial charge in [0, 0.05) is 0 Å². The van der Waals surface area contributed by atoms with E-state index in [9.17, 15) is 9.18 Å². The maximum Gasteiger partial charge on any atom is 0.236 e. The summed E-state index contributed by atoms with van der Waals surface area (Å²) in [5, 5.41) is 11.6. The van der Waals surface area contributed by atoms with E-state index in [4.69, 9.17) is 10.6 Å². The van der Waals surface area contributed by atoms with Crippen LogP contribution in [-0.4, -0.2) is 31.5 Å². The number of hydrogen-bond acceptors (Lipinski definition) is 8. The Kier molecular flexibility index (Phi) is 6.56. The van der Waals surface area contributed by atoms with Gasteiger partial charge in [-0.15, -0.1) is 10.2 Å². The van der Waals surface area contributed by atoms with Gasteiger partial charge in [-0.05, 0) is 41.8 Å². The summed E-state index contributed by atoms with van der Waals surface area (Å²) in [4.78, 5) is 16.5. The molecule has 0 aliphatic rings. The van der Waals surface area contributed by atoms with Crippen molar-refractivity contribution in [2.75, 3.05) is 16.9 Å². The van der Waals surface area contributed by atoms with Gasteiger partial charge in [0.25, 0.3) is 0 Å². The molecule has 2 aromatic heterocycles. The number of nitrogen functional groups attached to an aromatic ring is 1. The van der Waals surface area contributed by atoms with Gasteiger partial charge < -0.3 is 15.9 Å². The Morgan fingerprint density at radius 1 is 1.25 bits per heavy atom. The van der Waals surface area contributed by atoms with E-state index < -0.39 is 0 Å². The molecule has 4 aromatic rings. The van der Waals surface area contributed by atoms with E-state index in [1.54, 1.807) is 6.07 Å². The highest BCUT2D eigenvalue weighted by Gasteiger charge is 2.14. The summed E-state index contributed by atoms with van der Waals surface area (Å²) in [5.74, 6) is 7.09. The molecular weight excluding hydrogens is 451 g/mol. The summed E-state index contributed by atoms with van der Waals surface area (Å²) in [7, 11) is 0. The molecule has 3 N–H and O–H groups in total. The van der Waals surface area contributed by atoms with Crippen molar-refractivity contribution in [1.29, 1.82) is 0 Å². The summed E-state index contributed by atoms with van der Waals surface area (Å²) < 4.78 is 21.0. The first-order chi connectivity index (χ1) is 15.4. The zero-order valence-electron chi connectivity index (χ0n) is 17.4. The number of benzene rings is 2. The van der Waals surface area contributed by atoms with E-state index in [0.29, 0.717) is 38.0 Å².